The van der Waals surface area contributed by atoms with E-state index in [4.69, 9.17) is 11.6 Å². The Morgan fingerprint density at radius 1 is 1.23 bits per heavy atom. The minimum atomic E-state index is -1.42. The molecule has 0 spiro atoms. The number of benzene rings is 1. The van der Waals surface area contributed by atoms with Crippen LogP contribution < -0.4 is 5.32 Å². The molecule has 1 aromatic carbocycles. The quantitative estimate of drug-likeness (QED) is 0.429. The van der Waals surface area contributed by atoms with Gasteiger partial charge in [-0.1, -0.05) is 24.9 Å². The Labute approximate surface area is 231 Å². The van der Waals surface area contributed by atoms with Gasteiger partial charge in [-0.15, -0.1) is 0 Å². The molecule has 2 aliphatic heterocycles. The summed E-state index contributed by atoms with van der Waals surface area (Å²) in [5.41, 5.74) is 4.11. The topological polar surface area (TPSA) is 104 Å². The van der Waals surface area contributed by atoms with Gasteiger partial charge in [0.15, 0.2) is 6.30 Å². The van der Waals surface area contributed by atoms with Crippen molar-refractivity contribution in [1.29, 1.82) is 5.26 Å². The number of carbonyl (C=O) groups is 2. The molecule has 200 valence electrons. The van der Waals surface area contributed by atoms with Crippen LogP contribution in [0.15, 0.2) is 48.8 Å². The van der Waals surface area contributed by atoms with E-state index in [1.54, 1.807) is 41.4 Å². The van der Waals surface area contributed by atoms with Gasteiger partial charge in [-0.25, -0.2) is 9.07 Å². The molecule has 1 N–H and O–H groups in total. The largest absolute Gasteiger partial charge is 0.330 e. The first kappa shape index (κ1) is 26.6. The van der Waals surface area contributed by atoms with Crippen molar-refractivity contribution in [3.05, 3.63) is 70.6 Å². The number of aromatic nitrogens is 3. The van der Waals surface area contributed by atoms with E-state index in [1.165, 1.54) is 17.8 Å². The standard InChI is InChI=1S/C29H28ClFN6O2/c1-17-4-3-5-26(36-11-9-19(13-27(36)38)23-14-22(30)7-6-21(23)15-32)24-12-20(8-10-33-24)28-25(35-29(17)39)16-34-37(28)18(2)31/h6-8,10,12-14,16-18,26H,3-5,9,11H2,1-2H3,(H,35,39)/t17-,18?,26+/m1/s1. The molecule has 2 amide bonds. The highest BCUT2D eigenvalue weighted by atomic mass is 35.5. The number of anilines is 1. The molecule has 8 nitrogen and oxygen atoms in total. The van der Waals surface area contributed by atoms with Crippen LogP contribution in [-0.4, -0.2) is 38.0 Å². The van der Waals surface area contributed by atoms with Gasteiger partial charge in [0.25, 0.3) is 0 Å². The van der Waals surface area contributed by atoms with Crippen molar-refractivity contribution < 1.29 is 14.0 Å². The first-order valence-electron chi connectivity index (χ1n) is 13.0. The molecule has 0 aliphatic carbocycles. The second-order valence-electron chi connectivity index (χ2n) is 9.98. The minimum absolute atomic E-state index is 0.162. The molecular formula is C29H28ClFN6O2. The number of nitrogens with zero attached hydrogens (tertiary/aromatic N) is 5. The molecule has 0 saturated heterocycles. The molecule has 2 aliphatic rings. The smallest absolute Gasteiger partial charge is 0.247 e. The van der Waals surface area contributed by atoms with Gasteiger partial charge in [-0.3, -0.25) is 14.6 Å². The van der Waals surface area contributed by atoms with E-state index < -0.39 is 6.30 Å². The second kappa shape index (κ2) is 11.0. The van der Waals surface area contributed by atoms with Crippen molar-refractivity contribution in [3.63, 3.8) is 0 Å². The van der Waals surface area contributed by atoms with Crippen LogP contribution in [0.1, 0.15) is 68.7 Å². The molecule has 2 aromatic heterocycles. The lowest BCUT2D eigenvalue weighted by Crippen LogP contribution is -2.38. The van der Waals surface area contributed by atoms with Crippen molar-refractivity contribution in [3.8, 4) is 17.3 Å². The molecule has 3 aromatic rings. The summed E-state index contributed by atoms with van der Waals surface area (Å²) < 4.78 is 15.7. The van der Waals surface area contributed by atoms with Crippen molar-refractivity contribution in [2.24, 2.45) is 5.92 Å². The Hall–Kier alpha value is -4.03. The van der Waals surface area contributed by atoms with Crippen molar-refractivity contribution in [1.82, 2.24) is 19.7 Å². The van der Waals surface area contributed by atoms with Crippen LogP contribution in [0.2, 0.25) is 5.02 Å². The Kier molecular flexibility index (Phi) is 7.49. The van der Waals surface area contributed by atoms with E-state index in [1.807, 2.05) is 13.0 Å². The number of nitrogens with one attached hydrogen (secondary N) is 1. The van der Waals surface area contributed by atoms with Crippen molar-refractivity contribution in [2.45, 2.75) is 51.9 Å². The third-order valence-corrected chi connectivity index (χ3v) is 7.61. The zero-order valence-corrected chi connectivity index (χ0v) is 22.5. The minimum Gasteiger partial charge on any atom is -0.330 e. The van der Waals surface area contributed by atoms with Crippen molar-refractivity contribution >= 4 is 34.7 Å². The summed E-state index contributed by atoms with van der Waals surface area (Å²) in [4.78, 5) is 32.9. The number of pyridine rings is 1. The SMILES string of the molecule is CC(F)n1ncc2c1-c1ccnc(c1)[C@@H](N1CCC(c3cc(Cl)ccc3C#N)=CC1=O)CCC[C@@H](C)C(=O)N2. The third kappa shape index (κ3) is 5.30. The van der Waals surface area contributed by atoms with Gasteiger partial charge >= 0.3 is 0 Å². The van der Waals surface area contributed by atoms with Crippen LogP contribution in [0.3, 0.4) is 0 Å². The molecule has 3 atom stereocenters. The molecule has 5 rings (SSSR count). The predicted molar refractivity (Wildman–Crippen MR) is 146 cm³/mol. The van der Waals surface area contributed by atoms with Gasteiger partial charge in [-0.2, -0.15) is 10.4 Å². The fourth-order valence-corrected chi connectivity index (χ4v) is 5.49. The maximum Gasteiger partial charge on any atom is 0.247 e. The van der Waals surface area contributed by atoms with E-state index in [2.05, 4.69) is 21.5 Å². The molecule has 4 heterocycles. The maximum atomic E-state index is 14.5. The average Bonchev–Trinajstić information content (AvgIpc) is 3.34. The molecule has 2 bridgehead atoms. The Bertz CT molecular complexity index is 1510. The number of hydrogen-bond donors (Lipinski definition) is 1. The number of amides is 2. The number of alkyl halides is 1. The summed E-state index contributed by atoms with van der Waals surface area (Å²) in [6, 6.07) is 10.5. The highest BCUT2D eigenvalue weighted by Gasteiger charge is 2.31. The lowest BCUT2D eigenvalue weighted by atomic mass is 9.92. The monoisotopic (exact) mass is 546 g/mol. The van der Waals surface area contributed by atoms with Crippen molar-refractivity contribution in [2.75, 3.05) is 11.9 Å². The fourth-order valence-electron chi connectivity index (χ4n) is 5.31. The first-order valence-corrected chi connectivity index (χ1v) is 13.3. The number of fused-ring (bicyclic) bond motifs is 4. The highest BCUT2D eigenvalue weighted by molar-refractivity contribution is 6.30. The second-order valence-corrected chi connectivity index (χ2v) is 10.4. The molecule has 0 saturated carbocycles. The number of nitriles is 1. The predicted octanol–water partition coefficient (Wildman–Crippen LogP) is 6.07. The molecule has 10 heteroatoms. The van der Waals surface area contributed by atoms with E-state index >= 15 is 0 Å². The lowest BCUT2D eigenvalue weighted by molar-refractivity contribution is -0.129. The summed E-state index contributed by atoms with van der Waals surface area (Å²) >= 11 is 6.19. The van der Waals surface area contributed by atoms with Crippen LogP contribution in [-0.2, 0) is 9.59 Å². The first-order chi connectivity index (χ1) is 18.8. The van der Waals surface area contributed by atoms with Crippen LogP contribution >= 0.6 is 11.6 Å². The summed E-state index contributed by atoms with van der Waals surface area (Å²) in [5, 5.41) is 17.2. The average molecular weight is 547 g/mol. The molecule has 1 unspecified atom stereocenters. The molecule has 0 fully saturated rings. The number of halogens is 2. The zero-order valence-electron chi connectivity index (χ0n) is 21.7. The van der Waals surface area contributed by atoms with E-state index in [-0.39, 0.29) is 23.8 Å². The molecule has 39 heavy (non-hydrogen) atoms. The normalized spacial score (nSPS) is 20.6. The Morgan fingerprint density at radius 2 is 2.05 bits per heavy atom. The number of rotatable bonds is 3. The summed E-state index contributed by atoms with van der Waals surface area (Å²) in [7, 11) is 0. The fraction of sp³-hybridized carbons (Fsp3) is 0.345. The van der Waals surface area contributed by atoms with E-state index in [9.17, 15) is 19.2 Å². The third-order valence-electron chi connectivity index (χ3n) is 7.38. The number of hydrogen-bond acceptors (Lipinski definition) is 5. The van der Waals surface area contributed by atoms with Crippen LogP contribution in [0.5, 0.6) is 0 Å². The highest BCUT2D eigenvalue weighted by Crippen LogP contribution is 2.37. The van der Waals surface area contributed by atoms with Gasteiger partial charge in [0.2, 0.25) is 11.8 Å². The van der Waals surface area contributed by atoms with Crippen LogP contribution in [0.4, 0.5) is 10.1 Å². The van der Waals surface area contributed by atoms with Gasteiger partial charge in [0.1, 0.15) is 0 Å². The van der Waals surface area contributed by atoms with Gasteiger partial charge in [0.05, 0.1) is 40.9 Å². The molecule has 0 radical (unpaired) electrons. The van der Waals surface area contributed by atoms with Gasteiger partial charge in [0, 0.05) is 35.3 Å². The number of carbonyl (C=O) groups excluding carboxylic acids is 2. The van der Waals surface area contributed by atoms with E-state index in [0.717, 1.165) is 5.57 Å². The lowest BCUT2D eigenvalue weighted by Gasteiger charge is -2.34. The van der Waals surface area contributed by atoms with Crippen LogP contribution in [0, 0.1) is 17.2 Å². The maximum absolute atomic E-state index is 14.5. The summed E-state index contributed by atoms with van der Waals surface area (Å²) in [6.45, 7) is 3.67. The van der Waals surface area contributed by atoms with Gasteiger partial charge in [-0.05, 0) is 67.7 Å². The van der Waals surface area contributed by atoms with E-state index in [0.29, 0.717) is 71.0 Å². The van der Waals surface area contributed by atoms with Crippen LogP contribution in [0.25, 0.3) is 16.8 Å². The molecular weight excluding hydrogens is 519 g/mol. The summed E-state index contributed by atoms with van der Waals surface area (Å²) in [6.07, 6.45) is 5.73. The summed E-state index contributed by atoms with van der Waals surface area (Å²) in [5.74, 6) is -0.630. The Morgan fingerprint density at radius 3 is 2.79 bits per heavy atom. The van der Waals surface area contributed by atoms with Gasteiger partial charge < -0.3 is 10.2 Å². The zero-order chi connectivity index (χ0) is 27.7. The Balaban J connectivity index is 1.55.